The van der Waals surface area contributed by atoms with Crippen LogP contribution in [-0.2, 0) is 16.6 Å². The summed E-state index contributed by atoms with van der Waals surface area (Å²) in [7, 11) is 0. The van der Waals surface area contributed by atoms with E-state index in [0.717, 1.165) is 32.6 Å². The van der Waals surface area contributed by atoms with Crippen molar-refractivity contribution in [3.8, 4) is 0 Å². The Kier molecular flexibility index (Phi) is 3.44. The maximum absolute atomic E-state index is 13.5. The second kappa shape index (κ2) is 5.51. The number of carbonyl (C=O) groups is 1. The maximum Gasteiger partial charge on any atom is 0.154 e. The third-order valence-electron chi connectivity index (χ3n) is 6.74. The van der Waals surface area contributed by atoms with Gasteiger partial charge in [0.05, 0.1) is 17.0 Å². The highest BCUT2D eigenvalue weighted by Gasteiger charge is 2.64. The van der Waals surface area contributed by atoms with Gasteiger partial charge in [-0.3, -0.25) is 14.6 Å². The van der Waals surface area contributed by atoms with Crippen LogP contribution in [0.5, 0.6) is 0 Å². The number of benzene rings is 2. The first-order valence-electron chi connectivity index (χ1n) is 9.73. The van der Waals surface area contributed by atoms with E-state index < -0.39 is 0 Å². The molecule has 0 radical (unpaired) electrons. The Labute approximate surface area is 155 Å². The SMILES string of the molecule is CCc1ccc(C2N3CC4(C)CN2CC(c2ccccc2)(C3)C4=O)cc1. The summed E-state index contributed by atoms with van der Waals surface area (Å²) < 4.78 is 0. The minimum absolute atomic E-state index is 0.258. The van der Waals surface area contributed by atoms with Crippen molar-refractivity contribution in [2.45, 2.75) is 31.8 Å². The largest absolute Gasteiger partial charge is 0.298 e. The van der Waals surface area contributed by atoms with Gasteiger partial charge in [-0.1, -0.05) is 68.4 Å². The van der Waals surface area contributed by atoms with Crippen molar-refractivity contribution in [3.63, 3.8) is 0 Å². The number of ketones is 1. The number of hydrogen-bond acceptors (Lipinski definition) is 3. The Bertz CT molecular complexity index is 826. The van der Waals surface area contributed by atoms with Gasteiger partial charge in [-0.2, -0.15) is 0 Å². The molecule has 134 valence electrons. The van der Waals surface area contributed by atoms with Crippen LogP contribution in [0.25, 0.3) is 0 Å². The summed E-state index contributed by atoms with van der Waals surface area (Å²) in [6, 6.07) is 19.5. The van der Waals surface area contributed by atoms with E-state index in [1.165, 1.54) is 16.7 Å². The van der Waals surface area contributed by atoms with Gasteiger partial charge in [-0.25, -0.2) is 0 Å². The van der Waals surface area contributed by atoms with Crippen molar-refractivity contribution in [1.29, 1.82) is 0 Å². The minimum Gasteiger partial charge on any atom is -0.298 e. The first-order valence-corrected chi connectivity index (χ1v) is 9.73. The summed E-state index contributed by atoms with van der Waals surface area (Å²) in [5.41, 5.74) is 3.30. The van der Waals surface area contributed by atoms with E-state index >= 15 is 0 Å². The average Bonchev–Trinajstić information content (AvgIpc) is 2.66. The van der Waals surface area contributed by atoms with Gasteiger partial charge in [-0.05, 0) is 23.1 Å². The smallest absolute Gasteiger partial charge is 0.154 e. The normalized spacial score (nSPS) is 37.9. The fourth-order valence-electron chi connectivity index (χ4n) is 5.66. The maximum atomic E-state index is 13.5. The summed E-state index contributed by atoms with van der Waals surface area (Å²) >= 11 is 0. The molecular weight excluding hydrogens is 320 g/mol. The molecule has 0 spiro atoms. The fourth-order valence-corrected chi connectivity index (χ4v) is 5.66. The molecular formula is C23H26N2O. The second-order valence-corrected chi connectivity index (χ2v) is 8.62. The van der Waals surface area contributed by atoms with Crippen molar-refractivity contribution in [2.24, 2.45) is 5.41 Å². The fraction of sp³-hybridized carbons (Fsp3) is 0.435. The van der Waals surface area contributed by atoms with Gasteiger partial charge in [0.25, 0.3) is 0 Å². The number of Topliss-reactive ketones (excluding diaryl/α,β-unsaturated/α-hetero) is 1. The van der Waals surface area contributed by atoms with Crippen LogP contribution in [-0.4, -0.2) is 41.8 Å². The monoisotopic (exact) mass is 346 g/mol. The van der Waals surface area contributed by atoms with Gasteiger partial charge in [0.1, 0.15) is 0 Å². The Hall–Kier alpha value is -1.97. The molecule has 3 heteroatoms. The average molecular weight is 346 g/mol. The van der Waals surface area contributed by atoms with E-state index in [2.05, 4.69) is 72.2 Å². The molecule has 0 N–H and O–H groups in total. The molecule has 4 saturated heterocycles. The lowest BCUT2D eigenvalue weighted by Crippen LogP contribution is -2.77. The van der Waals surface area contributed by atoms with E-state index in [4.69, 9.17) is 0 Å². The molecule has 0 aromatic heterocycles. The van der Waals surface area contributed by atoms with Gasteiger partial charge in [0.15, 0.2) is 5.78 Å². The third-order valence-corrected chi connectivity index (χ3v) is 6.74. The molecule has 4 aliphatic heterocycles. The topological polar surface area (TPSA) is 23.6 Å². The predicted molar refractivity (Wildman–Crippen MR) is 103 cm³/mol. The molecule has 26 heavy (non-hydrogen) atoms. The highest BCUT2D eigenvalue weighted by Crippen LogP contribution is 2.53. The van der Waals surface area contributed by atoms with Crippen molar-refractivity contribution in [3.05, 3.63) is 71.3 Å². The zero-order valence-electron chi connectivity index (χ0n) is 15.6. The number of hydrogen-bond donors (Lipinski definition) is 0. The lowest BCUT2D eigenvalue weighted by atomic mass is 9.58. The summed E-state index contributed by atoms with van der Waals surface area (Å²) in [6.45, 7) is 7.78. The highest BCUT2D eigenvalue weighted by molar-refractivity contribution is 5.97. The van der Waals surface area contributed by atoms with Crippen LogP contribution in [0.3, 0.4) is 0 Å². The number of piperidine rings is 2. The summed E-state index contributed by atoms with van der Waals surface area (Å²) in [5.74, 6) is 0.448. The number of aryl methyl sites for hydroxylation is 1. The molecule has 2 atom stereocenters. The van der Waals surface area contributed by atoms with Gasteiger partial charge in [-0.15, -0.1) is 0 Å². The molecule has 6 rings (SSSR count). The van der Waals surface area contributed by atoms with Crippen LogP contribution in [0.15, 0.2) is 54.6 Å². The van der Waals surface area contributed by atoms with Gasteiger partial charge < -0.3 is 0 Å². The molecule has 4 heterocycles. The number of nitrogens with zero attached hydrogens (tertiary/aromatic N) is 2. The van der Waals surface area contributed by atoms with E-state index in [0.29, 0.717) is 11.9 Å². The zero-order valence-corrected chi connectivity index (χ0v) is 15.6. The highest BCUT2D eigenvalue weighted by atomic mass is 16.1. The van der Waals surface area contributed by atoms with Crippen molar-refractivity contribution >= 4 is 5.78 Å². The Morgan fingerprint density at radius 1 is 0.923 bits per heavy atom. The van der Waals surface area contributed by atoms with Crippen LogP contribution in [0.2, 0.25) is 0 Å². The molecule has 2 unspecified atom stereocenters. The second-order valence-electron chi connectivity index (χ2n) is 8.62. The van der Waals surface area contributed by atoms with Crippen molar-refractivity contribution in [1.82, 2.24) is 9.80 Å². The first-order chi connectivity index (χ1) is 12.6. The van der Waals surface area contributed by atoms with Crippen molar-refractivity contribution < 1.29 is 4.79 Å². The molecule has 0 saturated carbocycles. The van der Waals surface area contributed by atoms with E-state index in [9.17, 15) is 4.79 Å². The lowest BCUT2D eigenvalue weighted by Gasteiger charge is -2.65. The van der Waals surface area contributed by atoms with Crippen LogP contribution in [0, 0.1) is 5.41 Å². The van der Waals surface area contributed by atoms with Crippen LogP contribution >= 0.6 is 0 Å². The Balaban J connectivity index is 1.56. The molecule has 0 aliphatic carbocycles. The molecule has 4 fully saturated rings. The first kappa shape index (κ1) is 16.2. The van der Waals surface area contributed by atoms with Crippen LogP contribution in [0.4, 0.5) is 0 Å². The van der Waals surface area contributed by atoms with Gasteiger partial charge in [0.2, 0.25) is 0 Å². The third kappa shape index (κ3) is 2.11. The predicted octanol–water partition coefficient (Wildman–Crippen LogP) is 3.41. The van der Waals surface area contributed by atoms with E-state index in [1.54, 1.807) is 0 Å². The molecule has 4 aliphatic rings. The van der Waals surface area contributed by atoms with Crippen LogP contribution in [0.1, 0.15) is 36.7 Å². The van der Waals surface area contributed by atoms with E-state index in [-0.39, 0.29) is 10.8 Å². The molecule has 2 aromatic rings. The zero-order chi connectivity index (χ0) is 17.9. The van der Waals surface area contributed by atoms with Crippen LogP contribution < -0.4 is 0 Å². The lowest BCUT2D eigenvalue weighted by molar-refractivity contribution is -0.185. The standard InChI is InChI=1S/C23H26N2O/c1-3-17-9-11-18(12-10-17)20-24-13-22(2)14-25(20)16-23(15-24,21(22)26)19-7-5-4-6-8-19/h4-12,20H,3,13-16H2,1-2H3. The molecule has 4 bridgehead atoms. The van der Waals surface area contributed by atoms with Gasteiger partial charge >= 0.3 is 0 Å². The Morgan fingerprint density at radius 3 is 2.12 bits per heavy atom. The number of carbonyl (C=O) groups excluding carboxylic acids is 1. The molecule has 2 aromatic carbocycles. The molecule has 3 nitrogen and oxygen atoms in total. The molecule has 0 amide bonds. The Morgan fingerprint density at radius 2 is 1.54 bits per heavy atom. The van der Waals surface area contributed by atoms with Gasteiger partial charge in [0, 0.05) is 26.2 Å². The summed E-state index contributed by atoms with van der Waals surface area (Å²) in [6.07, 6.45) is 1.38. The number of rotatable bonds is 3. The van der Waals surface area contributed by atoms with Crippen molar-refractivity contribution in [2.75, 3.05) is 26.2 Å². The van der Waals surface area contributed by atoms with E-state index in [1.807, 2.05) is 6.07 Å². The quantitative estimate of drug-likeness (QED) is 0.851. The minimum atomic E-state index is -0.369. The summed E-state index contributed by atoms with van der Waals surface area (Å²) in [4.78, 5) is 18.6. The summed E-state index contributed by atoms with van der Waals surface area (Å²) in [5, 5.41) is 0.